The molecule has 1 N–H and O–H groups in total. The third-order valence-electron chi connectivity index (χ3n) is 2.85. The molecule has 0 saturated carbocycles. The highest BCUT2D eigenvalue weighted by Gasteiger charge is 2.12. The van der Waals surface area contributed by atoms with Gasteiger partial charge in [-0.2, -0.15) is 4.98 Å². The minimum atomic E-state index is 0.123. The third-order valence-corrected chi connectivity index (χ3v) is 3.76. The van der Waals surface area contributed by atoms with Crippen LogP contribution in [0.15, 0.2) is 22.0 Å². The van der Waals surface area contributed by atoms with Crippen molar-refractivity contribution < 1.29 is 9.32 Å². The van der Waals surface area contributed by atoms with E-state index < -0.39 is 0 Å². The molecule has 19 heavy (non-hydrogen) atoms. The fourth-order valence-electron chi connectivity index (χ4n) is 1.63. The summed E-state index contributed by atoms with van der Waals surface area (Å²) in [4.78, 5) is 16.9. The van der Waals surface area contributed by atoms with Gasteiger partial charge in [-0.05, 0) is 25.4 Å². The number of thiophene rings is 1. The van der Waals surface area contributed by atoms with E-state index in [9.17, 15) is 4.79 Å². The number of likely N-dealkylation sites (N-methyl/N-ethyl adjacent to an activating group) is 1. The zero-order valence-corrected chi connectivity index (χ0v) is 11.9. The average molecular weight is 279 g/mol. The number of hydrogen-bond acceptors (Lipinski definition) is 6. The largest absolute Gasteiger partial charge is 0.339 e. The SMILES string of the molecule is CNC(C)Cc1noc(CCC(=O)c2cccs2)n1. The quantitative estimate of drug-likeness (QED) is 0.786. The first kappa shape index (κ1) is 13.9. The normalized spacial score (nSPS) is 12.5. The Morgan fingerprint density at radius 3 is 3.11 bits per heavy atom. The fraction of sp³-hybridized carbons (Fsp3) is 0.462. The Labute approximate surface area is 116 Å². The van der Waals surface area contributed by atoms with Crippen LogP contribution in [0.1, 0.15) is 34.7 Å². The molecule has 0 aliphatic rings. The maximum absolute atomic E-state index is 11.8. The highest BCUT2D eigenvalue weighted by molar-refractivity contribution is 7.12. The molecule has 0 aliphatic carbocycles. The summed E-state index contributed by atoms with van der Waals surface area (Å²) in [5, 5.41) is 8.93. The highest BCUT2D eigenvalue weighted by Crippen LogP contribution is 2.13. The molecule has 0 amide bonds. The predicted molar refractivity (Wildman–Crippen MR) is 73.5 cm³/mol. The maximum atomic E-state index is 11.8. The van der Waals surface area contributed by atoms with Crippen LogP contribution in [-0.4, -0.2) is 29.0 Å². The first-order valence-electron chi connectivity index (χ1n) is 6.24. The number of aromatic nitrogens is 2. The Hall–Kier alpha value is -1.53. The van der Waals surface area contributed by atoms with Gasteiger partial charge in [-0.15, -0.1) is 11.3 Å². The summed E-state index contributed by atoms with van der Waals surface area (Å²) in [7, 11) is 1.89. The molecule has 5 nitrogen and oxygen atoms in total. The molecule has 0 saturated heterocycles. The van der Waals surface area contributed by atoms with E-state index in [2.05, 4.69) is 22.4 Å². The molecular weight excluding hydrogens is 262 g/mol. The molecule has 1 unspecified atom stereocenters. The zero-order valence-electron chi connectivity index (χ0n) is 11.0. The van der Waals surface area contributed by atoms with Crippen LogP contribution in [-0.2, 0) is 12.8 Å². The van der Waals surface area contributed by atoms with E-state index in [4.69, 9.17) is 4.52 Å². The summed E-state index contributed by atoms with van der Waals surface area (Å²) in [5.41, 5.74) is 0. The molecule has 0 aliphatic heterocycles. The summed E-state index contributed by atoms with van der Waals surface area (Å²) >= 11 is 1.46. The zero-order chi connectivity index (χ0) is 13.7. The van der Waals surface area contributed by atoms with E-state index in [0.717, 1.165) is 11.3 Å². The Kier molecular flexibility index (Phi) is 4.81. The molecule has 6 heteroatoms. The van der Waals surface area contributed by atoms with Crippen LogP contribution < -0.4 is 5.32 Å². The molecule has 0 bridgehead atoms. The van der Waals surface area contributed by atoms with Gasteiger partial charge >= 0.3 is 0 Å². The van der Waals surface area contributed by atoms with Gasteiger partial charge in [-0.3, -0.25) is 4.79 Å². The second kappa shape index (κ2) is 6.58. The minimum absolute atomic E-state index is 0.123. The van der Waals surface area contributed by atoms with E-state index in [1.165, 1.54) is 11.3 Å². The van der Waals surface area contributed by atoms with Crippen LogP contribution in [0.4, 0.5) is 0 Å². The van der Waals surface area contributed by atoms with Crippen LogP contribution in [0, 0.1) is 0 Å². The van der Waals surface area contributed by atoms with E-state index in [1.807, 2.05) is 24.6 Å². The van der Waals surface area contributed by atoms with Gasteiger partial charge in [0.1, 0.15) is 0 Å². The molecule has 2 aromatic rings. The van der Waals surface area contributed by atoms with Crippen molar-refractivity contribution in [2.45, 2.75) is 32.2 Å². The second-order valence-electron chi connectivity index (χ2n) is 4.40. The van der Waals surface area contributed by atoms with E-state index in [1.54, 1.807) is 0 Å². The van der Waals surface area contributed by atoms with Gasteiger partial charge in [0, 0.05) is 25.3 Å². The number of nitrogens with one attached hydrogen (secondary N) is 1. The highest BCUT2D eigenvalue weighted by atomic mass is 32.1. The molecule has 0 aromatic carbocycles. The summed E-state index contributed by atoms with van der Waals surface area (Å²) < 4.78 is 5.14. The Morgan fingerprint density at radius 1 is 1.58 bits per heavy atom. The summed E-state index contributed by atoms with van der Waals surface area (Å²) in [6, 6.07) is 4.01. The lowest BCUT2D eigenvalue weighted by atomic mass is 10.2. The number of rotatable bonds is 7. The van der Waals surface area contributed by atoms with Crippen LogP contribution in [0.5, 0.6) is 0 Å². The molecule has 0 radical (unpaired) electrons. The minimum Gasteiger partial charge on any atom is -0.339 e. The van der Waals surface area contributed by atoms with Gasteiger partial charge in [0.05, 0.1) is 4.88 Å². The van der Waals surface area contributed by atoms with Gasteiger partial charge in [0.2, 0.25) is 5.89 Å². The van der Waals surface area contributed by atoms with Crippen molar-refractivity contribution in [3.05, 3.63) is 34.1 Å². The lowest BCUT2D eigenvalue weighted by molar-refractivity contribution is 0.0983. The number of Topliss-reactive ketones (excluding diaryl/α,β-unsaturated/α-hetero) is 1. The molecule has 0 spiro atoms. The van der Waals surface area contributed by atoms with Crippen LogP contribution in [0.3, 0.4) is 0 Å². The van der Waals surface area contributed by atoms with Crippen LogP contribution in [0.2, 0.25) is 0 Å². The standard InChI is InChI=1S/C13H17N3O2S/c1-9(14-2)8-12-15-13(18-16-12)6-5-10(17)11-4-3-7-19-11/h3-4,7,9,14H,5-6,8H2,1-2H3. The molecule has 2 heterocycles. The van der Waals surface area contributed by atoms with Gasteiger partial charge < -0.3 is 9.84 Å². The summed E-state index contributed by atoms with van der Waals surface area (Å²) in [5.74, 6) is 1.34. The average Bonchev–Trinajstić information content (AvgIpc) is 3.07. The molecule has 0 fully saturated rings. The summed E-state index contributed by atoms with van der Waals surface area (Å²) in [6.07, 6.45) is 1.63. The summed E-state index contributed by atoms with van der Waals surface area (Å²) in [6.45, 7) is 2.05. The van der Waals surface area contributed by atoms with Gasteiger partial charge in [0.15, 0.2) is 11.6 Å². The number of aryl methyl sites for hydroxylation is 1. The molecule has 1 atom stereocenters. The lowest BCUT2D eigenvalue weighted by Crippen LogP contribution is -2.24. The lowest BCUT2D eigenvalue weighted by Gasteiger charge is -2.04. The Balaban J connectivity index is 1.85. The van der Waals surface area contributed by atoms with Gasteiger partial charge in [0.25, 0.3) is 0 Å². The van der Waals surface area contributed by atoms with E-state index in [-0.39, 0.29) is 5.78 Å². The van der Waals surface area contributed by atoms with Crippen molar-refractivity contribution >= 4 is 17.1 Å². The first-order chi connectivity index (χ1) is 9.19. The molecule has 2 rings (SSSR count). The number of carbonyl (C=O) groups is 1. The van der Waals surface area contributed by atoms with Gasteiger partial charge in [-0.1, -0.05) is 11.2 Å². The Morgan fingerprint density at radius 2 is 2.42 bits per heavy atom. The van der Waals surface area contributed by atoms with Crippen molar-refractivity contribution in [1.82, 2.24) is 15.5 Å². The molecule has 2 aromatic heterocycles. The fourth-order valence-corrected chi connectivity index (χ4v) is 2.33. The van der Waals surface area contributed by atoms with Crippen LogP contribution in [0.25, 0.3) is 0 Å². The Bertz CT molecular complexity index is 522. The van der Waals surface area contributed by atoms with Crippen molar-refractivity contribution in [2.75, 3.05) is 7.05 Å². The first-order valence-corrected chi connectivity index (χ1v) is 7.12. The topological polar surface area (TPSA) is 68.0 Å². The molecule has 102 valence electrons. The smallest absolute Gasteiger partial charge is 0.227 e. The van der Waals surface area contributed by atoms with Crippen molar-refractivity contribution in [2.24, 2.45) is 0 Å². The third kappa shape index (κ3) is 3.97. The van der Waals surface area contributed by atoms with Crippen molar-refractivity contribution in [1.29, 1.82) is 0 Å². The van der Waals surface area contributed by atoms with Crippen molar-refractivity contribution in [3.63, 3.8) is 0 Å². The number of carbonyl (C=O) groups excluding carboxylic acids is 1. The monoisotopic (exact) mass is 279 g/mol. The molecular formula is C13H17N3O2S. The number of hydrogen-bond donors (Lipinski definition) is 1. The van der Waals surface area contributed by atoms with Crippen molar-refractivity contribution in [3.8, 4) is 0 Å². The number of ketones is 1. The van der Waals surface area contributed by atoms with E-state index in [0.29, 0.717) is 30.6 Å². The maximum Gasteiger partial charge on any atom is 0.227 e. The van der Waals surface area contributed by atoms with E-state index >= 15 is 0 Å². The van der Waals surface area contributed by atoms with Gasteiger partial charge in [-0.25, -0.2) is 0 Å². The van der Waals surface area contributed by atoms with Crippen LogP contribution >= 0.6 is 11.3 Å². The predicted octanol–water partition coefficient (Wildman–Crippen LogP) is 2.10. The number of nitrogens with zero attached hydrogens (tertiary/aromatic N) is 2. The second-order valence-corrected chi connectivity index (χ2v) is 5.35.